The maximum absolute atomic E-state index is 13.4. The Bertz CT molecular complexity index is 961. The minimum Gasteiger partial charge on any atom is -0.492 e. The maximum atomic E-state index is 13.4. The second kappa shape index (κ2) is 7.31. The lowest BCUT2D eigenvalue weighted by molar-refractivity contribution is 0.0741. The van der Waals surface area contributed by atoms with E-state index >= 15 is 0 Å². The van der Waals surface area contributed by atoms with Gasteiger partial charge in [-0.3, -0.25) is 4.79 Å². The number of nitrogens with one attached hydrogen (secondary N) is 1. The molecule has 140 valence electrons. The van der Waals surface area contributed by atoms with Crippen LogP contribution in [0.2, 0.25) is 0 Å². The maximum Gasteiger partial charge on any atom is 0.270 e. The number of anilines is 1. The third kappa shape index (κ3) is 3.47. The van der Waals surface area contributed by atoms with Gasteiger partial charge in [-0.2, -0.15) is 0 Å². The van der Waals surface area contributed by atoms with Crippen LogP contribution in [0.25, 0.3) is 10.9 Å². The lowest BCUT2D eigenvalue weighted by Crippen LogP contribution is -2.49. The molecule has 0 atom stereocenters. The molecule has 1 aliphatic rings. The lowest BCUT2D eigenvalue weighted by Gasteiger charge is -2.36. The van der Waals surface area contributed by atoms with Gasteiger partial charge in [0.25, 0.3) is 5.91 Å². The number of carbonyl (C=O) groups excluding carboxylic acids is 1. The molecule has 27 heavy (non-hydrogen) atoms. The van der Waals surface area contributed by atoms with Crippen molar-refractivity contribution in [1.29, 1.82) is 0 Å². The number of aromatic nitrogens is 1. The van der Waals surface area contributed by atoms with Gasteiger partial charge in [0.15, 0.2) is 0 Å². The monoisotopic (exact) mass is 367 g/mol. The molecule has 3 aromatic rings. The number of hydrogen-bond acceptors (Lipinski definition) is 3. The molecule has 1 N–H and O–H groups in total. The number of para-hydroxylation sites is 2. The molecule has 4 rings (SSSR count). The van der Waals surface area contributed by atoms with Crippen molar-refractivity contribution in [2.75, 3.05) is 37.7 Å². The fraction of sp³-hybridized carbons (Fsp3) is 0.286. The summed E-state index contributed by atoms with van der Waals surface area (Å²) >= 11 is 0. The predicted octanol–water partition coefficient (Wildman–Crippen LogP) is 3.67. The highest BCUT2D eigenvalue weighted by Crippen LogP contribution is 2.29. The predicted molar refractivity (Wildman–Crippen MR) is 104 cm³/mol. The van der Waals surface area contributed by atoms with Crippen molar-refractivity contribution >= 4 is 22.5 Å². The van der Waals surface area contributed by atoms with Gasteiger partial charge < -0.3 is 19.5 Å². The normalized spacial score (nSPS) is 14.6. The SMILES string of the molecule is CCOc1ccccc1N1CCN(C(=O)c2cc3cc(F)ccc3[nH]2)CC1. The highest BCUT2D eigenvalue weighted by Gasteiger charge is 2.24. The van der Waals surface area contributed by atoms with Crippen molar-refractivity contribution in [2.45, 2.75) is 6.92 Å². The van der Waals surface area contributed by atoms with E-state index in [4.69, 9.17) is 4.74 Å². The van der Waals surface area contributed by atoms with Crippen molar-refractivity contribution in [1.82, 2.24) is 9.88 Å². The van der Waals surface area contributed by atoms with Crippen LogP contribution >= 0.6 is 0 Å². The highest BCUT2D eigenvalue weighted by atomic mass is 19.1. The van der Waals surface area contributed by atoms with Crippen LogP contribution in [0.1, 0.15) is 17.4 Å². The Balaban J connectivity index is 1.46. The molecule has 0 unspecified atom stereocenters. The molecule has 1 fully saturated rings. The second-order valence-electron chi connectivity index (χ2n) is 6.59. The smallest absolute Gasteiger partial charge is 0.270 e. The summed E-state index contributed by atoms with van der Waals surface area (Å²) in [6.07, 6.45) is 0. The van der Waals surface area contributed by atoms with Crippen molar-refractivity contribution in [3.63, 3.8) is 0 Å². The number of aromatic amines is 1. The third-order valence-electron chi connectivity index (χ3n) is 4.89. The number of benzene rings is 2. The summed E-state index contributed by atoms with van der Waals surface area (Å²) in [6, 6.07) is 14.2. The molecule has 1 aromatic heterocycles. The van der Waals surface area contributed by atoms with E-state index < -0.39 is 0 Å². The van der Waals surface area contributed by atoms with Crippen LogP contribution in [0.3, 0.4) is 0 Å². The van der Waals surface area contributed by atoms with Gasteiger partial charge in [0.2, 0.25) is 0 Å². The summed E-state index contributed by atoms with van der Waals surface area (Å²) in [6.45, 7) is 5.33. The van der Waals surface area contributed by atoms with Gasteiger partial charge in [-0.15, -0.1) is 0 Å². The number of rotatable bonds is 4. The van der Waals surface area contributed by atoms with Crippen molar-refractivity contribution in [2.24, 2.45) is 0 Å². The molecule has 0 saturated carbocycles. The van der Waals surface area contributed by atoms with E-state index in [1.54, 1.807) is 12.1 Å². The standard InChI is InChI=1S/C21H22FN3O2/c1-2-27-20-6-4-3-5-19(20)24-9-11-25(12-10-24)21(26)18-14-15-13-16(22)7-8-17(15)23-18/h3-8,13-14,23H,2,9-12H2,1H3. The van der Waals surface area contributed by atoms with Gasteiger partial charge in [0.1, 0.15) is 17.3 Å². The third-order valence-corrected chi connectivity index (χ3v) is 4.89. The first-order chi connectivity index (χ1) is 13.2. The number of nitrogens with zero attached hydrogens (tertiary/aromatic N) is 2. The van der Waals surface area contributed by atoms with Gasteiger partial charge >= 0.3 is 0 Å². The molecule has 1 saturated heterocycles. The highest BCUT2D eigenvalue weighted by molar-refractivity contribution is 5.98. The molecule has 0 radical (unpaired) electrons. The largest absolute Gasteiger partial charge is 0.492 e. The zero-order valence-electron chi connectivity index (χ0n) is 15.2. The minimum atomic E-state index is -0.304. The van der Waals surface area contributed by atoms with Gasteiger partial charge in [0, 0.05) is 37.1 Å². The van der Waals surface area contributed by atoms with Crippen LogP contribution in [0.15, 0.2) is 48.5 Å². The summed E-state index contributed by atoms with van der Waals surface area (Å²) in [4.78, 5) is 20.0. The van der Waals surface area contributed by atoms with E-state index in [1.807, 2.05) is 30.0 Å². The topological polar surface area (TPSA) is 48.6 Å². The molecule has 2 heterocycles. The van der Waals surface area contributed by atoms with Crippen LogP contribution in [0.4, 0.5) is 10.1 Å². The van der Waals surface area contributed by atoms with Crippen LogP contribution in [-0.4, -0.2) is 48.6 Å². The zero-order valence-corrected chi connectivity index (χ0v) is 15.2. The molecular formula is C21H22FN3O2. The Morgan fingerprint density at radius 3 is 2.67 bits per heavy atom. The fourth-order valence-electron chi connectivity index (χ4n) is 3.54. The number of fused-ring (bicyclic) bond motifs is 1. The first-order valence-corrected chi connectivity index (χ1v) is 9.20. The lowest BCUT2D eigenvalue weighted by atomic mass is 10.2. The molecule has 5 nitrogen and oxygen atoms in total. The molecule has 6 heteroatoms. The van der Waals surface area contributed by atoms with Gasteiger partial charge in [-0.05, 0) is 43.3 Å². The molecule has 1 aliphatic heterocycles. The summed E-state index contributed by atoms with van der Waals surface area (Å²) in [7, 11) is 0. The first-order valence-electron chi connectivity index (χ1n) is 9.20. The average Bonchev–Trinajstić information content (AvgIpc) is 3.11. The Labute approximate surface area is 157 Å². The number of carbonyl (C=O) groups is 1. The number of amides is 1. The summed E-state index contributed by atoms with van der Waals surface area (Å²) in [5.41, 5.74) is 2.33. The van der Waals surface area contributed by atoms with E-state index in [0.717, 1.165) is 30.0 Å². The zero-order chi connectivity index (χ0) is 18.8. The fourth-order valence-corrected chi connectivity index (χ4v) is 3.54. The van der Waals surface area contributed by atoms with Crippen LogP contribution in [0.5, 0.6) is 5.75 Å². The van der Waals surface area contributed by atoms with E-state index in [2.05, 4.69) is 16.0 Å². The summed E-state index contributed by atoms with van der Waals surface area (Å²) in [5, 5.41) is 0.711. The molecule has 2 aromatic carbocycles. The summed E-state index contributed by atoms with van der Waals surface area (Å²) < 4.78 is 19.1. The van der Waals surface area contributed by atoms with Gasteiger partial charge in [-0.1, -0.05) is 12.1 Å². The second-order valence-corrected chi connectivity index (χ2v) is 6.59. The number of hydrogen-bond donors (Lipinski definition) is 1. The number of ether oxygens (including phenoxy) is 1. The molecule has 0 bridgehead atoms. The van der Waals surface area contributed by atoms with Crippen molar-refractivity contribution < 1.29 is 13.9 Å². The molecule has 0 aliphatic carbocycles. The van der Waals surface area contributed by atoms with E-state index in [1.165, 1.54) is 12.1 Å². The Morgan fingerprint density at radius 2 is 1.89 bits per heavy atom. The van der Waals surface area contributed by atoms with Crippen LogP contribution < -0.4 is 9.64 Å². The molecule has 0 spiro atoms. The van der Waals surface area contributed by atoms with E-state index in [-0.39, 0.29) is 11.7 Å². The average molecular weight is 367 g/mol. The first kappa shape index (κ1) is 17.4. The van der Waals surface area contributed by atoms with Gasteiger partial charge in [-0.25, -0.2) is 4.39 Å². The Morgan fingerprint density at radius 1 is 1.11 bits per heavy atom. The molecule has 1 amide bonds. The Hall–Kier alpha value is -3.02. The number of halogens is 1. The van der Waals surface area contributed by atoms with E-state index in [9.17, 15) is 9.18 Å². The molecular weight excluding hydrogens is 345 g/mol. The van der Waals surface area contributed by atoms with Gasteiger partial charge in [0.05, 0.1) is 12.3 Å². The number of H-pyrrole nitrogens is 1. The van der Waals surface area contributed by atoms with Crippen molar-refractivity contribution in [3.8, 4) is 5.75 Å². The summed E-state index contributed by atoms with van der Waals surface area (Å²) in [5.74, 6) is 0.517. The van der Waals surface area contributed by atoms with E-state index in [0.29, 0.717) is 30.8 Å². The van der Waals surface area contributed by atoms with Crippen molar-refractivity contribution in [3.05, 3.63) is 60.0 Å². The number of piperazine rings is 1. The quantitative estimate of drug-likeness (QED) is 0.765. The van der Waals surface area contributed by atoms with Crippen LogP contribution in [-0.2, 0) is 0 Å². The Kier molecular flexibility index (Phi) is 4.71. The minimum absolute atomic E-state index is 0.0515. The van der Waals surface area contributed by atoms with Crippen LogP contribution in [0, 0.1) is 5.82 Å².